The van der Waals surface area contributed by atoms with Crippen molar-refractivity contribution in [1.82, 2.24) is 0 Å². The summed E-state index contributed by atoms with van der Waals surface area (Å²) in [7, 11) is 0. The Labute approximate surface area is 106 Å². The van der Waals surface area contributed by atoms with Crippen LogP contribution >= 0.6 is 31.9 Å². The van der Waals surface area contributed by atoms with Crippen LogP contribution in [0.4, 0.5) is 0 Å². The van der Waals surface area contributed by atoms with Gasteiger partial charge in [0.15, 0.2) is 0 Å². The minimum Gasteiger partial charge on any atom is -0.481 e. The summed E-state index contributed by atoms with van der Waals surface area (Å²) in [6.45, 7) is 3.16. The van der Waals surface area contributed by atoms with Gasteiger partial charge in [0.1, 0.15) is 0 Å². The Kier molecular flexibility index (Phi) is 7.34. The van der Waals surface area contributed by atoms with Crippen molar-refractivity contribution in [3.05, 3.63) is 38.8 Å². The largest absolute Gasteiger partial charge is 0.481 e. The number of hydrogen-bond acceptors (Lipinski definition) is 1. The highest BCUT2D eigenvalue weighted by molar-refractivity contribution is 9.28. The van der Waals surface area contributed by atoms with Gasteiger partial charge in [0.25, 0.3) is 5.97 Å². The zero-order chi connectivity index (χ0) is 11.8. The van der Waals surface area contributed by atoms with E-state index >= 15 is 0 Å². The second-order valence-electron chi connectivity index (χ2n) is 2.86. The first-order valence-electron chi connectivity index (χ1n) is 4.20. The molecule has 15 heavy (non-hydrogen) atoms. The number of benzene rings is 1. The molecule has 1 aromatic rings. The molecule has 1 aromatic carbocycles. The summed E-state index contributed by atoms with van der Waals surface area (Å²) in [5, 5.41) is 7.42. The Hall–Kier alpha value is -0.610. The van der Waals surface area contributed by atoms with Gasteiger partial charge in [-0.3, -0.25) is 4.79 Å². The monoisotopic (exact) mass is 334 g/mol. The zero-order valence-corrected chi connectivity index (χ0v) is 11.7. The normalized spacial score (nSPS) is 8.53. The van der Waals surface area contributed by atoms with Gasteiger partial charge in [-0.1, -0.05) is 29.8 Å². The SMILES string of the molecule is CC(=O)O.Cc1ccc(C=C(Br)Br)cc1. The summed E-state index contributed by atoms with van der Waals surface area (Å²) in [4.78, 5) is 9.00. The van der Waals surface area contributed by atoms with Gasteiger partial charge in [0, 0.05) is 6.92 Å². The Morgan fingerprint density at radius 1 is 1.27 bits per heavy atom. The summed E-state index contributed by atoms with van der Waals surface area (Å²) in [6.07, 6.45) is 2.01. The van der Waals surface area contributed by atoms with Crippen molar-refractivity contribution in [2.24, 2.45) is 0 Å². The molecule has 1 N–H and O–H groups in total. The third-order valence-electron chi connectivity index (χ3n) is 1.35. The first-order valence-corrected chi connectivity index (χ1v) is 5.79. The minimum absolute atomic E-state index is 0.833. The first kappa shape index (κ1) is 14.4. The molecule has 0 spiro atoms. The van der Waals surface area contributed by atoms with E-state index in [9.17, 15) is 0 Å². The second-order valence-corrected chi connectivity index (χ2v) is 5.64. The third kappa shape index (κ3) is 9.69. The number of carbonyl (C=O) groups is 1. The van der Waals surface area contributed by atoms with Gasteiger partial charge in [0.2, 0.25) is 0 Å². The van der Waals surface area contributed by atoms with Crippen molar-refractivity contribution in [3.63, 3.8) is 0 Å². The lowest BCUT2D eigenvalue weighted by atomic mass is 10.2. The highest BCUT2D eigenvalue weighted by Gasteiger charge is 1.87. The summed E-state index contributed by atoms with van der Waals surface area (Å²) >= 11 is 6.61. The zero-order valence-electron chi connectivity index (χ0n) is 8.50. The molecule has 82 valence electrons. The second kappa shape index (κ2) is 7.65. The molecule has 0 amide bonds. The Bertz CT molecular complexity index is 334. The molecule has 0 aliphatic heterocycles. The van der Waals surface area contributed by atoms with Gasteiger partial charge in [-0.15, -0.1) is 0 Å². The van der Waals surface area contributed by atoms with Crippen LogP contribution in [-0.4, -0.2) is 11.1 Å². The van der Waals surface area contributed by atoms with E-state index in [1.54, 1.807) is 0 Å². The van der Waals surface area contributed by atoms with E-state index in [2.05, 4.69) is 63.0 Å². The maximum Gasteiger partial charge on any atom is 0.300 e. The number of carboxylic acid groups (broad SMARTS) is 1. The van der Waals surface area contributed by atoms with Crippen LogP contribution in [-0.2, 0) is 4.79 Å². The lowest BCUT2D eigenvalue weighted by Crippen LogP contribution is -1.78. The average Bonchev–Trinajstić information content (AvgIpc) is 2.07. The maximum atomic E-state index is 9.00. The summed E-state index contributed by atoms with van der Waals surface area (Å²) < 4.78 is 0.967. The minimum atomic E-state index is -0.833. The fourth-order valence-corrected chi connectivity index (χ4v) is 1.32. The third-order valence-corrected chi connectivity index (χ3v) is 1.81. The molecule has 0 bridgehead atoms. The highest BCUT2D eigenvalue weighted by Crippen LogP contribution is 2.17. The molecule has 1 rings (SSSR count). The fourth-order valence-electron chi connectivity index (χ4n) is 0.789. The van der Waals surface area contributed by atoms with E-state index in [-0.39, 0.29) is 0 Å². The summed E-state index contributed by atoms with van der Waals surface area (Å²) in [5.41, 5.74) is 2.48. The summed E-state index contributed by atoms with van der Waals surface area (Å²) in [6, 6.07) is 8.35. The van der Waals surface area contributed by atoms with Crippen LogP contribution in [0.2, 0.25) is 0 Å². The molecule has 4 heteroatoms. The van der Waals surface area contributed by atoms with Crippen molar-refractivity contribution < 1.29 is 9.90 Å². The fraction of sp³-hybridized carbons (Fsp3) is 0.182. The number of hydrogen-bond donors (Lipinski definition) is 1. The van der Waals surface area contributed by atoms with Crippen LogP contribution in [0.1, 0.15) is 18.1 Å². The predicted octanol–water partition coefficient (Wildman–Crippen LogP) is 4.17. The van der Waals surface area contributed by atoms with Crippen molar-refractivity contribution in [2.45, 2.75) is 13.8 Å². The number of rotatable bonds is 1. The molecule has 0 fully saturated rings. The molecule has 0 radical (unpaired) electrons. The smallest absolute Gasteiger partial charge is 0.300 e. The molecule has 0 saturated heterocycles. The van der Waals surface area contributed by atoms with Crippen molar-refractivity contribution in [3.8, 4) is 0 Å². The van der Waals surface area contributed by atoms with Gasteiger partial charge < -0.3 is 5.11 Å². The Balaban J connectivity index is 0.000000423. The number of aliphatic carboxylic acids is 1. The van der Waals surface area contributed by atoms with E-state index in [0.717, 1.165) is 10.3 Å². The predicted molar refractivity (Wildman–Crippen MR) is 70.3 cm³/mol. The number of carboxylic acids is 1. The van der Waals surface area contributed by atoms with Gasteiger partial charge in [-0.05, 0) is 50.4 Å². The highest BCUT2D eigenvalue weighted by atomic mass is 79.9. The van der Waals surface area contributed by atoms with E-state index in [4.69, 9.17) is 9.90 Å². The van der Waals surface area contributed by atoms with Crippen molar-refractivity contribution in [1.29, 1.82) is 0 Å². The molecule has 0 heterocycles. The van der Waals surface area contributed by atoms with E-state index < -0.39 is 5.97 Å². The van der Waals surface area contributed by atoms with Crippen LogP contribution < -0.4 is 0 Å². The lowest BCUT2D eigenvalue weighted by molar-refractivity contribution is -0.134. The number of aryl methyl sites for hydroxylation is 1. The van der Waals surface area contributed by atoms with Crippen molar-refractivity contribution >= 4 is 43.9 Å². The van der Waals surface area contributed by atoms with E-state index in [1.807, 2.05) is 6.08 Å². The molecule has 0 aromatic heterocycles. The number of halogens is 2. The molecular formula is C11H12Br2O2. The molecular weight excluding hydrogens is 324 g/mol. The maximum absolute atomic E-state index is 9.00. The van der Waals surface area contributed by atoms with E-state index in [0.29, 0.717) is 0 Å². The quantitative estimate of drug-likeness (QED) is 0.836. The summed E-state index contributed by atoms with van der Waals surface area (Å²) in [5.74, 6) is -0.833. The van der Waals surface area contributed by atoms with Crippen LogP contribution in [0, 0.1) is 6.92 Å². The Morgan fingerprint density at radius 3 is 2.00 bits per heavy atom. The van der Waals surface area contributed by atoms with E-state index in [1.165, 1.54) is 11.1 Å². The topological polar surface area (TPSA) is 37.3 Å². The van der Waals surface area contributed by atoms with Gasteiger partial charge >= 0.3 is 0 Å². The molecule has 2 nitrogen and oxygen atoms in total. The molecule has 0 aliphatic rings. The van der Waals surface area contributed by atoms with Crippen LogP contribution in [0.15, 0.2) is 27.7 Å². The van der Waals surface area contributed by atoms with Gasteiger partial charge in [-0.2, -0.15) is 0 Å². The molecule has 0 unspecified atom stereocenters. The van der Waals surface area contributed by atoms with Gasteiger partial charge in [-0.25, -0.2) is 0 Å². The van der Waals surface area contributed by atoms with Gasteiger partial charge in [0.05, 0.1) is 3.39 Å². The molecule has 0 atom stereocenters. The van der Waals surface area contributed by atoms with Crippen LogP contribution in [0.3, 0.4) is 0 Å². The molecule has 0 saturated carbocycles. The van der Waals surface area contributed by atoms with Crippen LogP contribution in [0.5, 0.6) is 0 Å². The average molecular weight is 336 g/mol. The Morgan fingerprint density at radius 2 is 1.67 bits per heavy atom. The first-order chi connectivity index (χ1) is 6.91. The van der Waals surface area contributed by atoms with Crippen molar-refractivity contribution in [2.75, 3.05) is 0 Å². The lowest BCUT2D eigenvalue weighted by Gasteiger charge is -1.93. The van der Waals surface area contributed by atoms with Crippen LogP contribution in [0.25, 0.3) is 6.08 Å². The molecule has 0 aliphatic carbocycles. The standard InChI is InChI=1S/C9H8Br2.C2H4O2/c1-7-2-4-8(5-3-7)6-9(10)11;1-2(3)4/h2-6H,1H3;1H3,(H,3,4).